The third-order valence-corrected chi connectivity index (χ3v) is 3.16. The topological polar surface area (TPSA) is 52.8 Å². The van der Waals surface area contributed by atoms with Gasteiger partial charge < -0.3 is 4.74 Å². The molecule has 2 aromatic heterocycles. The first kappa shape index (κ1) is 15.3. The first-order valence-electron chi connectivity index (χ1n) is 6.30. The summed E-state index contributed by atoms with van der Waals surface area (Å²) in [7, 11) is 0. The van der Waals surface area contributed by atoms with Crippen molar-refractivity contribution in [1.29, 1.82) is 0 Å². The minimum Gasteiger partial charge on any atom is -0.439 e. The van der Waals surface area contributed by atoms with Crippen LogP contribution in [0.1, 0.15) is 5.56 Å². The highest BCUT2D eigenvalue weighted by atomic mass is 35.5. The summed E-state index contributed by atoms with van der Waals surface area (Å²) in [5.41, 5.74) is -0.249. The zero-order chi connectivity index (χ0) is 16.4. The van der Waals surface area contributed by atoms with Gasteiger partial charge >= 0.3 is 6.18 Å². The van der Waals surface area contributed by atoms with Crippen molar-refractivity contribution in [2.24, 2.45) is 0 Å². The normalized spacial score (nSPS) is 11.5. The highest BCUT2D eigenvalue weighted by Crippen LogP contribution is 2.35. The van der Waals surface area contributed by atoms with Crippen molar-refractivity contribution >= 4 is 11.6 Å². The van der Waals surface area contributed by atoms with E-state index < -0.39 is 16.9 Å². The predicted molar refractivity (Wildman–Crippen MR) is 75.7 cm³/mol. The quantitative estimate of drug-likeness (QED) is 0.673. The first-order valence-corrected chi connectivity index (χ1v) is 6.68. The van der Waals surface area contributed by atoms with E-state index in [4.69, 9.17) is 16.3 Å². The molecule has 2 heterocycles. The number of rotatable bonds is 3. The Balaban J connectivity index is 1.78. The Morgan fingerprint density at radius 2 is 1.78 bits per heavy atom. The van der Waals surface area contributed by atoms with Gasteiger partial charge in [-0.1, -0.05) is 11.6 Å². The molecule has 0 aliphatic carbocycles. The van der Waals surface area contributed by atoms with E-state index in [1.54, 1.807) is 28.9 Å². The van der Waals surface area contributed by atoms with Crippen LogP contribution in [-0.4, -0.2) is 19.7 Å². The van der Waals surface area contributed by atoms with E-state index in [1.165, 1.54) is 12.7 Å². The average Bonchev–Trinajstić information content (AvgIpc) is 3.01. The van der Waals surface area contributed by atoms with Crippen LogP contribution in [0.5, 0.6) is 11.6 Å². The van der Waals surface area contributed by atoms with E-state index in [1.807, 2.05) is 0 Å². The monoisotopic (exact) mass is 340 g/mol. The second-order valence-corrected chi connectivity index (χ2v) is 4.78. The third-order valence-electron chi connectivity index (χ3n) is 2.87. The number of hydrogen-bond donors (Lipinski definition) is 0. The van der Waals surface area contributed by atoms with Gasteiger partial charge in [0.25, 0.3) is 0 Å². The molecule has 0 saturated carbocycles. The van der Waals surface area contributed by atoms with E-state index in [2.05, 4.69) is 15.1 Å². The van der Waals surface area contributed by atoms with Crippen molar-refractivity contribution in [1.82, 2.24) is 19.7 Å². The highest BCUT2D eigenvalue weighted by molar-refractivity contribution is 6.30. The summed E-state index contributed by atoms with van der Waals surface area (Å²) in [5, 5.41) is 3.31. The number of nitrogens with zero attached hydrogens (tertiary/aromatic N) is 4. The highest BCUT2D eigenvalue weighted by Gasteiger charge is 2.34. The van der Waals surface area contributed by atoms with E-state index in [-0.39, 0.29) is 5.88 Å². The predicted octanol–water partition coefficient (Wildman–Crippen LogP) is 4.13. The fraction of sp³-hybridized carbons (Fsp3) is 0.0714. The van der Waals surface area contributed by atoms with Crippen LogP contribution in [-0.2, 0) is 6.18 Å². The van der Waals surface area contributed by atoms with Crippen molar-refractivity contribution in [3.8, 4) is 17.3 Å². The van der Waals surface area contributed by atoms with Crippen LogP contribution in [0.4, 0.5) is 13.2 Å². The van der Waals surface area contributed by atoms with Gasteiger partial charge in [0.15, 0.2) is 0 Å². The van der Waals surface area contributed by atoms with Gasteiger partial charge in [-0.05, 0) is 30.3 Å². The summed E-state index contributed by atoms with van der Waals surface area (Å²) in [6.45, 7) is 0. The van der Waals surface area contributed by atoms with Gasteiger partial charge in [0.05, 0.1) is 11.3 Å². The summed E-state index contributed by atoms with van der Waals surface area (Å²) in [5.74, 6) is 0.369. The minimum atomic E-state index is -4.55. The minimum absolute atomic E-state index is 0.0310. The number of halogens is 4. The molecule has 1 aromatic carbocycles. The maximum atomic E-state index is 12.6. The van der Waals surface area contributed by atoms with Crippen LogP contribution >= 0.6 is 11.6 Å². The Morgan fingerprint density at radius 3 is 2.35 bits per heavy atom. The van der Waals surface area contributed by atoms with Gasteiger partial charge in [0.1, 0.15) is 23.6 Å². The molecule has 3 rings (SSSR count). The molecule has 0 amide bonds. The SMILES string of the molecule is FC(F)(F)c1ccc(Oc2ccc(-n3cncn3)cc2)nc1Cl. The summed E-state index contributed by atoms with van der Waals surface area (Å²) in [4.78, 5) is 7.43. The van der Waals surface area contributed by atoms with E-state index in [9.17, 15) is 13.2 Å². The van der Waals surface area contributed by atoms with Crippen molar-refractivity contribution in [3.05, 3.63) is 59.8 Å². The Hall–Kier alpha value is -2.61. The van der Waals surface area contributed by atoms with Crippen molar-refractivity contribution in [3.63, 3.8) is 0 Å². The molecule has 0 atom stereocenters. The maximum absolute atomic E-state index is 12.6. The molecule has 0 radical (unpaired) electrons. The van der Waals surface area contributed by atoms with Crippen LogP contribution < -0.4 is 4.74 Å². The fourth-order valence-corrected chi connectivity index (χ4v) is 2.07. The number of pyridine rings is 1. The average molecular weight is 341 g/mol. The van der Waals surface area contributed by atoms with Gasteiger partial charge in [0.2, 0.25) is 5.88 Å². The summed E-state index contributed by atoms with van der Waals surface area (Å²) in [6, 6.07) is 8.63. The standard InChI is InChI=1S/C14H8ClF3N4O/c15-13-11(14(16,17)18)5-6-12(21-13)23-10-3-1-9(2-4-10)22-8-19-7-20-22/h1-8H. The first-order chi connectivity index (χ1) is 10.9. The number of alkyl halides is 3. The Bertz CT molecular complexity index is 804. The lowest BCUT2D eigenvalue weighted by molar-refractivity contribution is -0.137. The number of ether oxygens (including phenoxy) is 1. The van der Waals surface area contributed by atoms with Crippen LogP contribution in [0.2, 0.25) is 5.15 Å². The number of hydrogen-bond acceptors (Lipinski definition) is 4. The molecule has 0 saturated heterocycles. The largest absolute Gasteiger partial charge is 0.439 e. The van der Waals surface area contributed by atoms with Gasteiger partial charge in [-0.25, -0.2) is 14.6 Å². The Labute approximate surface area is 133 Å². The molecule has 118 valence electrons. The third kappa shape index (κ3) is 3.42. The fourth-order valence-electron chi connectivity index (χ4n) is 1.82. The smallest absolute Gasteiger partial charge is 0.419 e. The molecule has 0 unspecified atom stereocenters. The summed E-state index contributed by atoms with van der Waals surface area (Å²) < 4.78 is 44.8. The lowest BCUT2D eigenvalue weighted by atomic mass is 10.3. The maximum Gasteiger partial charge on any atom is 0.419 e. The van der Waals surface area contributed by atoms with Gasteiger partial charge in [-0.3, -0.25) is 0 Å². The zero-order valence-electron chi connectivity index (χ0n) is 11.3. The van der Waals surface area contributed by atoms with Gasteiger partial charge in [-0.15, -0.1) is 0 Å². The Kier molecular flexibility index (Phi) is 3.91. The number of aromatic nitrogens is 4. The molecule has 0 fully saturated rings. The molecule has 5 nitrogen and oxygen atoms in total. The van der Waals surface area contributed by atoms with Gasteiger partial charge in [0, 0.05) is 6.07 Å². The van der Waals surface area contributed by atoms with E-state index >= 15 is 0 Å². The second-order valence-electron chi connectivity index (χ2n) is 4.42. The van der Waals surface area contributed by atoms with E-state index in [0.29, 0.717) is 5.75 Å². The molecule has 0 bridgehead atoms. The molecule has 0 spiro atoms. The van der Waals surface area contributed by atoms with Crippen molar-refractivity contribution in [2.75, 3.05) is 0 Å². The number of benzene rings is 1. The summed E-state index contributed by atoms with van der Waals surface area (Å²) >= 11 is 5.54. The van der Waals surface area contributed by atoms with Crippen molar-refractivity contribution in [2.45, 2.75) is 6.18 Å². The molecular formula is C14H8ClF3N4O. The zero-order valence-corrected chi connectivity index (χ0v) is 12.1. The van der Waals surface area contributed by atoms with Crippen molar-refractivity contribution < 1.29 is 17.9 Å². The van der Waals surface area contributed by atoms with Crippen LogP contribution in [0.3, 0.4) is 0 Å². The van der Waals surface area contributed by atoms with Crippen LogP contribution in [0.15, 0.2) is 49.1 Å². The Morgan fingerprint density at radius 1 is 1.04 bits per heavy atom. The lowest BCUT2D eigenvalue weighted by Crippen LogP contribution is -2.07. The van der Waals surface area contributed by atoms with Crippen LogP contribution in [0, 0.1) is 0 Å². The second kappa shape index (κ2) is 5.88. The molecular weight excluding hydrogens is 333 g/mol. The van der Waals surface area contributed by atoms with Gasteiger partial charge in [-0.2, -0.15) is 18.3 Å². The molecule has 3 aromatic rings. The molecule has 0 aliphatic heterocycles. The lowest BCUT2D eigenvalue weighted by Gasteiger charge is -2.10. The molecule has 0 N–H and O–H groups in total. The molecule has 9 heteroatoms. The van der Waals surface area contributed by atoms with Crippen LogP contribution in [0.25, 0.3) is 5.69 Å². The summed E-state index contributed by atoms with van der Waals surface area (Å²) in [6.07, 6.45) is -1.62. The van der Waals surface area contributed by atoms with E-state index in [0.717, 1.165) is 17.8 Å². The molecule has 23 heavy (non-hydrogen) atoms. The molecule has 0 aliphatic rings.